The van der Waals surface area contributed by atoms with Crippen molar-refractivity contribution in [2.24, 2.45) is 23.2 Å². The first-order valence-electron chi connectivity index (χ1n) is 10.3. The molecule has 0 amide bonds. The van der Waals surface area contributed by atoms with Gasteiger partial charge in [-0.3, -0.25) is 4.79 Å². The van der Waals surface area contributed by atoms with E-state index in [1.54, 1.807) is 13.8 Å². The normalized spacial score (nSPS) is 16.9. The highest BCUT2D eigenvalue weighted by Crippen LogP contribution is 2.31. The van der Waals surface area contributed by atoms with Crippen LogP contribution in [0, 0.1) is 23.2 Å². The van der Waals surface area contributed by atoms with Crippen LogP contribution in [0.1, 0.15) is 99.3 Å². The largest absolute Gasteiger partial charge is 0.392 e. The monoisotopic (exact) mass is 354 g/mol. The van der Waals surface area contributed by atoms with E-state index >= 15 is 0 Å². The summed E-state index contributed by atoms with van der Waals surface area (Å²) >= 11 is 0. The summed E-state index contributed by atoms with van der Waals surface area (Å²) in [5, 5.41) is 10.1. The lowest BCUT2D eigenvalue weighted by molar-refractivity contribution is -0.138. The fourth-order valence-electron chi connectivity index (χ4n) is 3.81. The molecule has 3 nitrogen and oxygen atoms in total. The van der Waals surface area contributed by atoms with Crippen LogP contribution in [0.2, 0.25) is 0 Å². The maximum absolute atomic E-state index is 12.7. The average Bonchev–Trinajstić information content (AvgIpc) is 2.54. The van der Waals surface area contributed by atoms with E-state index in [0.717, 1.165) is 18.8 Å². The molecule has 0 aliphatic rings. The zero-order valence-electron chi connectivity index (χ0n) is 17.5. The van der Waals surface area contributed by atoms with Gasteiger partial charge in [0.15, 0.2) is 0 Å². The lowest BCUT2D eigenvalue weighted by Gasteiger charge is -2.31. The minimum atomic E-state index is -0.889. The standard InChI is InChI=1S/C22H42O3/c1-7-11-17(2)12-9-8-10-13-18(3)16-19(4)21(25)22(5,6)20(24)14-15-23/h15,17-20,24H,7-14,16H2,1-6H3/t17-,18?,19?,20?/m1/s1. The van der Waals surface area contributed by atoms with Gasteiger partial charge in [0, 0.05) is 17.8 Å². The molecule has 0 aromatic rings. The average molecular weight is 355 g/mol. The maximum Gasteiger partial charge on any atom is 0.143 e. The Hall–Kier alpha value is -0.700. The molecule has 1 N–H and O–H groups in total. The maximum atomic E-state index is 12.7. The number of hydrogen-bond donors (Lipinski definition) is 1. The molecule has 25 heavy (non-hydrogen) atoms. The number of aliphatic hydroxyl groups excluding tert-OH is 1. The quantitative estimate of drug-likeness (QED) is 0.308. The summed E-state index contributed by atoms with van der Waals surface area (Å²) in [6.07, 6.45) is 9.63. The molecule has 0 aromatic carbocycles. The molecule has 3 heteroatoms. The minimum absolute atomic E-state index is 0.0253. The van der Waals surface area contributed by atoms with E-state index in [-0.39, 0.29) is 18.1 Å². The van der Waals surface area contributed by atoms with E-state index < -0.39 is 11.5 Å². The second-order valence-electron chi connectivity index (χ2n) is 8.78. The Bertz CT molecular complexity index is 375. The first-order valence-corrected chi connectivity index (χ1v) is 10.3. The molecule has 0 saturated carbocycles. The second-order valence-corrected chi connectivity index (χ2v) is 8.78. The summed E-state index contributed by atoms with van der Waals surface area (Å²) in [5.41, 5.74) is -0.852. The van der Waals surface area contributed by atoms with Gasteiger partial charge in [0.25, 0.3) is 0 Å². The molecule has 0 radical (unpaired) electrons. The predicted octanol–water partition coefficient (Wildman–Crippen LogP) is 5.58. The smallest absolute Gasteiger partial charge is 0.143 e. The number of carbonyl (C=O) groups excluding carboxylic acids is 2. The van der Waals surface area contributed by atoms with Crippen LogP contribution < -0.4 is 0 Å². The molecule has 4 atom stereocenters. The molecule has 0 aromatic heterocycles. The summed E-state index contributed by atoms with van der Waals surface area (Å²) in [4.78, 5) is 23.3. The highest BCUT2D eigenvalue weighted by molar-refractivity contribution is 5.87. The molecule has 0 rings (SSSR count). The molecular weight excluding hydrogens is 312 g/mol. The summed E-state index contributed by atoms with van der Waals surface area (Å²) in [6.45, 7) is 12.3. The molecular formula is C22H42O3. The highest BCUT2D eigenvalue weighted by atomic mass is 16.3. The fourth-order valence-corrected chi connectivity index (χ4v) is 3.81. The zero-order valence-corrected chi connectivity index (χ0v) is 17.5. The van der Waals surface area contributed by atoms with Gasteiger partial charge in [-0.15, -0.1) is 0 Å². The van der Waals surface area contributed by atoms with Crippen molar-refractivity contribution in [3.63, 3.8) is 0 Å². The van der Waals surface area contributed by atoms with Crippen molar-refractivity contribution in [2.45, 2.75) is 105 Å². The summed E-state index contributed by atoms with van der Waals surface area (Å²) in [7, 11) is 0. The molecule has 0 spiro atoms. The second kappa shape index (κ2) is 12.6. The van der Waals surface area contributed by atoms with Gasteiger partial charge in [-0.1, -0.05) is 86.5 Å². The number of rotatable bonds is 15. The summed E-state index contributed by atoms with van der Waals surface area (Å²) < 4.78 is 0. The molecule has 148 valence electrons. The van der Waals surface area contributed by atoms with Gasteiger partial charge in [0.1, 0.15) is 12.1 Å². The van der Waals surface area contributed by atoms with Crippen molar-refractivity contribution < 1.29 is 14.7 Å². The Balaban J connectivity index is 4.14. The van der Waals surface area contributed by atoms with Crippen LogP contribution in [0.4, 0.5) is 0 Å². The zero-order chi connectivity index (χ0) is 19.5. The lowest BCUT2D eigenvalue weighted by Crippen LogP contribution is -2.40. The Kier molecular flexibility index (Phi) is 12.3. The van der Waals surface area contributed by atoms with E-state index in [1.807, 2.05) is 6.92 Å². The van der Waals surface area contributed by atoms with Gasteiger partial charge in [-0.2, -0.15) is 0 Å². The van der Waals surface area contributed by atoms with Crippen molar-refractivity contribution >= 4 is 12.1 Å². The van der Waals surface area contributed by atoms with Gasteiger partial charge in [0.2, 0.25) is 0 Å². The SMILES string of the molecule is CCC[C@@H](C)CCCCCC(C)CC(C)C(=O)C(C)(C)C(O)CC=O. The molecule has 0 saturated heterocycles. The lowest BCUT2D eigenvalue weighted by atomic mass is 9.74. The number of carbonyl (C=O) groups is 2. The molecule has 0 aliphatic heterocycles. The van der Waals surface area contributed by atoms with Gasteiger partial charge in [-0.25, -0.2) is 0 Å². The van der Waals surface area contributed by atoms with E-state index in [1.165, 1.54) is 38.5 Å². The summed E-state index contributed by atoms with van der Waals surface area (Å²) in [5.74, 6) is 1.36. The van der Waals surface area contributed by atoms with E-state index in [2.05, 4.69) is 20.8 Å². The first kappa shape index (κ1) is 24.3. The predicted molar refractivity (Wildman–Crippen MR) is 106 cm³/mol. The molecule has 0 bridgehead atoms. The number of unbranched alkanes of at least 4 members (excludes halogenated alkanes) is 2. The van der Waals surface area contributed by atoms with Crippen LogP contribution in [0.5, 0.6) is 0 Å². The van der Waals surface area contributed by atoms with Crippen molar-refractivity contribution in [1.82, 2.24) is 0 Å². The fraction of sp³-hybridized carbons (Fsp3) is 0.909. The van der Waals surface area contributed by atoms with Crippen LogP contribution in [0.25, 0.3) is 0 Å². The van der Waals surface area contributed by atoms with Crippen molar-refractivity contribution in [1.29, 1.82) is 0 Å². The van der Waals surface area contributed by atoms with Crippen molar-refractivity contribution in [3.05, 3.63) is 0 Å². The van der Waals surface area contributed by atoms with Gasteiger partial charge >= 0.3 is 0 Å². The van der Waals surface area contributed by atoms with Gasteiger partial charge in [-0.05, 0) is 18.3 Å². The summed E-state index contributed by atoms with van der Waals surface area (Å²) in [6, 6.07) is 0. The third kappa shape index (κ3) is 9.53. The molecule has 0 heterocycles. The van der Waals surface area contributed by atoms with Crippen LogP contribution >= 0.6 is 0 Å². The number of aldehydes is 1. The van der Waals surface area contributed by atoms with Crippen molar-refractivity contribution in [3.8, 4) is 0 Å². The third-order valence-corrected chi connectivity index (χ3v) is 5.67. The van der Waals surface area contributed by atoms with Crippen LogP contribution in [-0.2, 0) is 9.59 Å². The van der Waals surface area contributed by atoms with E-state index in [4.69, 9.17) is 0 Å². The molecule has 0 aliphatic carbocycles. The van der Waals surface area contributed by atoms with Crippen LogP contribution in [0.15, 0.2) is 0 Å². The van der Waals surface area contributed by atoms with Gasteiger partial charge in [0.05, 0.1) is 6.10 Å². The van der Waals surface area contributed by atoms with Crippen LogP contribution in [0.3, 0.4) is 0 Å². The van der Waals surface area contributed by atoms with Gasteiger partial charge < -0.3 is 9.90 Å². The number of Topliss-reactive ketones (excluding diaryl/α,β-unsaturated/α-hetero) is 1. The Morgan fingerprint density at radius 3 is 2.08 bits per heavy atom. The highest BCUT2D eigenvalue weighted by Gasteiger charge is 2.37. The molecule has 3 unspecified atom stereocenters. The number of aliphatic hydroxyl groups is 1. The first-order chi connectivity index (χ1) is 11.7. The third-order valence-electron chi connectivity index (χ3n) is 5.67. The van der Waals surface area contributed by atoms with Crippen molar-refractivity contribution in [2.75, 3.05) is 0 Å². The van der Waals surface area contributed by atoms with E-state index in [9.17, 15) is 14.7 Å². The topological polar surface area (TPSA) is 54.4 Å². The Morgan fingerprint density at radius 1 is 1.00 bits per heavy atom. The number of ketones is 1. The molecule has 0 fully saturated rings. The minimum Gasteiger partial charge on any atom is -0.392 e. The number of hydrogen-bond acceptors (Lipinski definition) is 3. The van der Waals surface area contributed by atoms with E-state index in [0.29, 0.717) is 12.2 Å². The Morgan fingerprint density at radius 2 is 1.56 bits per heavy atom. The Labute approximate surface area is 156 Å². The van der Waals surface area contributed by atoms with Crippen LogP contribution in [-0.4, -0.2) is 23.3 Å².